The summed E-state index contributed by atoms with van der Waals surface area (Å²) in [5, 5.41) is 2.70. The van der Waals surface area contributed by atoms with Gasteiger partial charge in [-0.2, -0.15) is 0 Å². The molecule has 1 saturated heterocycles. The SMILES string of the molecule is CCCNCC(C)S(=O)(=O)NC1(C)CCOC1C. The summed E-state index contributed by atoms with van der Waals surface area (Å²) in [7, 11) is -3.31. The zero-order valence-corrected chi connectivity index (χ0v) is 12.6. The first-order chi connectivity index (χ1) is 8.32. The predicted octanol–water partition coefficient (Wildman–Crippen LogP) is 0.861. The smallest absolute Gasteiger partial charge is 0.216 e. The third-order valence-electron chi connectivity index (χ3n) is 3.65. The fourth-order valence-electron chi connectivity index (χ4n) is 1.99. The summed E-state index contributed by atoms with van der Waals surface area (Å²) in [5.74, 6) is 0. The van der Waals surface area contributed by atoms with Crippen LogP contribution < -0.4 is 10.0 Å². The molecule has 0 spiro atoms. The molecule has 6 heteroatoms. The molecule has 1 rings (SSSR count). The van der Waals surface area contributed by atoms with Gasteiger partial charge in [-0.05, 0) is 40.2 Å². The van der Waals surface area contributed by atoms with Gasteiger partial charge in [0.1, 0.15) is 0 Å². The van der Waals surface area contributed by atoms with Crippen LogP contribution in [-0.4, -0.2) is 45.0 Å². The van der Waals surface area contributed by atoms with Crippen molar-refractivity contribution in [1.82, 2.24) is 10.0 Å². The second-order valence-corrected chi connectivity index (χ2v) is 7.44. The van der Waals surface area contributed by atoms with Crippen LogP contribution in [0.15, 0.2) is 0 Å². The number of ether oxygens (including phenoxy) is 1. The highest BCUT2D eigenvalue weighted by Crippen LogP contribution is 2.26. The van der Waals surface area contributed by atoms with Crippen LogP contribution in [0.3, 0.4) is 0 Å². The van der Waals surface area contributed by atoms with Gasteiger partial charge in [-0.15, -0.1) is 0 Å². The highest BCUT2D eigenvalue weighted by Gasteiger charge is 2.41. The summed E-state index contributed by atoms with van der Waals surface area (Å²) in [6, 6.07) is 0. The van der Waals surface area contributed by atoms with E-state index >= 15 is 0 Å². The van der Waals surface area contributed by atoms with E-state index in [1.54, 1.807) is 6.92 Å². The number of hydrogen-bond donors (Lipinski definition) is 2. The van der Waals surface area contributed by atoms with Crippen LogP contribution in [0.2, 0.25) is 0 Å². The van der Waals surface area contributed by atoms with Gasteiger partial charge in [-0.1, -0.05) is 6.92 Å². The molecule has 1 fully saturated rings. The Morgan fingerprint density at radius 3 is 2.67 bits per heavy atom. The monoisotopic (exact) mass is 278 g/mol. The van der Waals surface area contributed by atoms with E-state index in [1.807, 2.05) is 13.8 Å². The minimum atomic E-state index is -3.31. The quantitative estimate of drug-likeness (QED) is 0.678. The summed E-state index contributed by atoms with van der Waals surface area (Å²) in [6.45, 7) is 9.55. The van der Waals surface area contributed by atoms with Gasteiger partial charge in [0, 0.05) is 13.2 Å². The van der Waals surface area contributed by atoms with Gasteiger partial charge in [-0.25, -0.2) is 13.1 Å². The lowest BCUT2D eigenvalue weighted by Crippen LogP contribution is -2.54. The molecule has 0 aromatic carbocycles. The zero-order valence-electron chi connectivity index (χ0n) is 11.8. The van der Waals surface area contributed by atoms with Gasteiger partial charge in [0.25, 0.3) is 0 Å². The lowest BCUT2D eigenvalue weighted by molar-refractivity contribution is 0.0956. The predicted molar refractivity (Wildman–Crippen MR) is 73.1 cm³/mol. The lowest BCUT2D eigenvalue weighted by Gasteiger charge is -2.30. The van der Waals surface area contributed by atoms with Gasteiger partial charge in [-0.3, -0.25) is 0 Å². The fraction of sp³-hybridized carbons (Fsp3) is 1.00. The second kappa shape index (κ2) is 6.32. The van der Waals surface area contributed by atoms with Gasteiger partial charge in [0.15, 0.2) is 0 Å². The van der Waals surface area contributed by atoms with Crippen LogP contribution in [0.4, 0.5) is 0 Å². The molecule has 0 aromatic heterocycles. The highest BCUT2D eigenvalue weighted by molar-refractivity contribution is 7.90. The Morgan fingerprint density at radius 1 is 1.50 bits per heavy atom. The molecular formula is C12H26N2O3S. The topological polar surface area (TPSA) is 67.4 Å². The normalized spacial score (nSPS) is 30.6. The van der Waals surface area contributed by atoms with Gasteiger partial charge < -0.3 is 10.1 Å². The first-order valence-corrected chi connectivity index (χ1v) is 8.21. The van der Waals surface area contributed by atoms with Crippen molar-refractivity contribution in [3.05, 3.63) is 0 Å². The molecule has 0 bridgehead atoms. The minimum Gasteiger partial charge on any atom is -0.376 e. The molecule has 0 radical (unpaired) electrons. The van der Waals surface area contributed by atoms with E-state index in [9.17, 15) is 8.42 Å². The molecule has 108 valence electrons. The van der Waals surface area contributed by atoms with Crippen molar-refractivity contribution in [2.75, 3.05) is 19.7 Å². The number of sulfonamides is 1. The third-order valence-corrected chi connectivity index (χ3v) is 5.63. The van der Waals surface area contributed by atoms with Crippen LogP contribution in [0.25, 0.3) is 0 Å². The zero-order chi connectivity index (χ0) is 13.8. The molecule has 1 aliphatic heterocycles. The highest BCUT2D eigenvalue weighted by atomic mass is 32.2. The maximum Gasteiger partial charge on any atom is 0.216 e. The minimum absolute atomic E-state index is 0.0805. The van der Waals surface area contributed by atoms with Crippen LogP contribution >= 0.6 is 0 Å². The molecule has 0 aromatic rings. The fourth-order valence-corrected chi connectivity index (χ4v) is 3.44. The largest absolute Gasteiger partial charge is 0.376 e. The molecule has 18 heavy (non-hydrogen) atoms. The van der Waals surface area contributed by atoms with Gasteiger partial charge >= 0.3 is 0 Å². The standard InChI is InChI=1S/C12H26N2O3S/c1-5-7-13-9-10(2)18(15,16)14-12(4)6-8-17-11(12)3/h10-11,13-14H,5-9H2,1-4H3. The van der Waals surface area contributed by atoms with E-state index in [0.29, 0.717) is 13.2 Å². The molecule has 3 atom stereocenters. The molecule has 5 nitrogen and oxygen atoms in total. The van der Waals surface area contributed by atoms with E-state index in [0.717, 1.165) is 19.4 Å². The molecular weight excluding hydrogens is 252 g/mol. The number of hydrogen-bond acceptors (Lipinski definition) is 4. The Balaban J connectivity index is 2.58. The summed E-state index contributed by atoms with van der Waals surface area (Å²) < 4.78 is 32.7. The number of nitrogens with one attached hydrogen (secondary N) is 2. The number of rotatable bonds is 7. The average molecular weight is 278 g/mol. The average Bonchev–Trinajstić information content (AvgIpc) is 2.58. The Morgan fingerprint density at radius 2 is 2.17 bits per heavy atom. The van der Waals surface area contributed by atoms with E-state index < -0.39 is 20.8 Å². The van der Waals surface area contributed by atoms with Gasteiger partial charge in [0.05, 0.1) is 16.9 Å². The van der Waals surface area contributed by atoms with Gasteiger partial charge in [0.2, 0.25) is 10.0 Å². The van der Waals surface area contributed by atoms with Crippen LogP contribution in [0, 0.1) is 0 Å². The molecule has 0 aliphatic carbocycles. The van der Waals surface area contributed by atoms with Crippen molar-refractivity contribution >= 4 is 10.0 Å². The molecule has 1 heterocycles. The molecule has 3 unspecified atom stereocenters. The van der Waals surface area contributed by atoms with Crippen molar-refractivity contribution in [2.24, 2.45) is 0 Å². The van der Waals surface area contributed by atoms with E-state index in [4.69, 9.17) is 4.74 Å². The maximum atomic E-state index is 12.2. The third kappa shape index (κ3) is 3.91. The molecule has 0 amide bonds. The first-order valence-electron chi connectivity index (χ1n) is 6.67. The Labute approximate surface area is 111 Å². The second-order valence-electron chi connectivity index (χ2n) is 5.34. The van der Waals surface area contributed by atoms with E-state index in [2.05, 4.69) is 17.0 Å². The first kappa shape index (κ1) is 15.9. The summed E-state index contributed by atoms with van der Waals surface area (Å²) in [4.78, 5) is 0. The van der Waals surface area contributed by atoms with Crippen molar-refractivity contribution in [1.29, 1.82) is 0 Å². The summed E-state index contributed by atoms with van der Waals surface area (Å²) in [6.07, 6.45) is 1.65. The van der Waals surface area contributed by atoms with Crippen molar-refractivity contribution < 1.29 is 13.2 Å². The van der Waals surface area contributed by atoms with Crippen molar-refractivity contribution in [2.45, 2.75) is 57.4 Å². The van der Waals surface area contributed by atoms with Crippen LogP contribution in [0.5, 0.6) is 0 Å². The Kier molecular flexibility index (Phi) is 5.58. The van der Waals surface area contributed by atoms with E-state index in [-0.39, 0.29) is 6.10 Å². The molecule has 1 aliphatic rings. The van der Waals surface area contributed by atoms with Crippen LogP contribution in [0.1, 0.15) is 40.5 Å². The van der Waals surface area contributed by atoms with Crippen LogP contribution in [-0.2, 0) is 14.8 Å². The van der Waals surface area contributed by atoms with E-state index in [1.165, 1.54) is 0 Å². The lowest BCUT2D eigenvalue weighted by atomic mass is 9.97. The van der Waals surface area contributed by atoms with Crippen molar-refractivity contribution in [3.63, 3.8) is 0 Å². The Hall–Kier alpha value is -0.170. The Bertz CT molecular complexity index is 358. The maximum absolute atomic E-state index is 12.2. The summed E-state index contributed by atoms with van der Waals surface area (Å²) >= 11 is 0. The summed E-state index contributed by atoms with van der Waals surface area (Å²) in [5.41, 5.74) is -0.474. The molecule has 0 saturated carbocycles. The van der Waals surface area contributed by atoms with Crippen molar-refractivity contribution in [3.8, 4) is 0 Å². The molecule has 2 N–H and O–H groups in total.